The van der Waals surface area contributed by atoms with Crippen LogP contribution in [0.5, 0.6) is 0 Å². The summed E-state index contributed by atoms with van der Waals surface area (Å²) in [4.78, 5) is 11.7. The van der Waals surface area contributed by atoms with Crippen LogP contribution in [0.3, 0.4) is 0 Å². The molecule has 1 unspecified atom stereocenters. The molecule has 0 saturated carbocycles. The van der Waals surface area contributed by atoms with Crippen molar-refractivity contribution in [3.05, 3.63) is 23.8 Å². The first-order valence-corrected chi connectivity index (χ1v) is 5.38. The molecule has 3 heteroatoms. The van der Waals surface area contributed by atoms with E-state index < -0.39 is 0 Å². The molecule has 1 aliphatic rings. The highest BCUT2D eigenvalue weighted by molar-refractivity contribution is 6.02. The largest absolute Gasteiger partial charge is 0.372 e. The van der Waals surface area contributed by atoms with E-state index in [9.17, 15) is 4.79 Å². The van der Waals surface area contributed by atoms with Crippen LogP contribution >= 0.6 is 0 Å². The fourth-order valence-corrected chi connectivity index (χ4v) is 1.85. The number of nitrogens with one attached hydrogen (secondary N) is 2. The number of amides is 1. The molecule has 80 valence electrons. The SMILES string of the molecule is CCCC1Nc2ccc(C)cc2NC1=O. The Morgan fingerprint density at radius 3 is 2.87 bits per heavy atom. The third-order valence-corrected chi connectivity index (χ3v) is 2.66. The summed E-state index contributed by atoms with van der Waals surface area (Å²) in [5.41, 5.74) is 3.08. The Hall–Kier alpha value is -1.51. The summed E-state index contributed by atoms with van der Waals surface area (Å²) in [6, 6.07) is 5.98. The summed E-state index contributed by atoms with van der Waals surface area (Å²) >= 11 is 0. The van der Waals surface area contributed by atoms with E-state index in [-0.39, 0.29) is 11.9 Å². The zero-order valence-corrected chi connectivity index (χ0v) is 9.13. The van der Waals surface area contributed by atoms with Crippen molar-refractivity contribution in [3.63, 3.8) is 0 Å². The van der Waals surface area contributed by atoms with Crippen LogP contribution in [0.1, 0.15) is 25.3 Å². The first kappa shape index (κ1) is 10.0. The summed E-state index contributed by atoms with van der Waals surface area (Å²) in [6.45, 7) is 4.10. The molecule has 0 saturated heterocycles. The van der Waals surface area contributed by atoms with Gasteiger partial charge in [0.05, 0.1) is 11.4 Å². The Morgan fingerprint density at radius 2 is 2.13 bits per heavy atom. The van der Waals surface area contributed by atoms with Gasteiger partial charge in [-0.2, -0.15) is 0 Å². The number of fused-ring (bicyclic) bond motifs is 1. The Balaban J connectivity index is 2.26. The van der Waals surface area contributed by atoms with E-state index in [1.54, 1.807) is 0 Å². The molecule has 1 aliphatic heterocycles. The molecule has 1 aromatic carbocycles. The van der Waals surface area contributed by atoms with Gasteiger partial charge < -0.3 is 10.6 Å². The molecule has 0 bridgehead atoms. The Labute approximate surface area is 89.9 Å². The van der Waals surface area contributed by atoms with Gasteiger partial charge in [0.2, 0.25) is 5.91 Å². The van der Waals surface area contributed by atoms with Crippen molar-refractivity contribution in [2.75, 3.05) is 10.6 Å². The molecule has 1 amide bonds. The lowest BCUT2D eigenvalue weighted by Crippen LogP contribution is -2.38. The third kappa shape index (κ3) is 1.96. The Kier molecular flexibility index (Phi) is 2.62. The molecule has 1 aromatic rings. The van der Waals surface area contributed by atoms with Crippen molar-refractivity contribution in [2.24, 2.45) is 0 Å². The number of aryl methyl sites for hydroxylation is 1. The summed E-state index contributed by atoms with van der Waals surface area (Å²) in [7, 11) is 0. The van der Waals surface area contributed by atoms with Crippen molar-refractivity contribution in [1.82, 2.24) is 0 Å². The predicted octanol–water partition coefficient (Wildman–Crippen LogP) is 2.53. The summed E-state index contributed by atoms with van der Waals surface area (Å²) in [5.74, 6) is 0.0787. The first-order valence-electron chi connectivity index (χ1n) is 5.38. The van der Waals surface area contributed by atoms with Crippen molar-refractivity contribution in [2.45, 2.75) is 32.7 Å². The van der Waals surface area contributed by atoms with Crippen molar-refractivity contribution < 1.29 is 4.79 Å². The van der Waals surface area contributed by atoms with Gasteiger partial charge in [-0.3, -0.25) is 4.79 Å². The van der Waals surface area contributed by atoms with Crippen LogP contribution in [-0.2, 0) is 4.79 Å². The number of hydrogen-bond acceptors (Lipinski definition) is 2. The van der Waals surface area contributed by atoms with Gasteiger partial charge >= 0.3 is 0 Å². The van der Waals surface area contributed by atoms with Gasteiger partial charge in [-0.15, -0.1) is 0 Å². The average Bonchev–Trinajstić information content (AvgIpc) is 2.20. The Morgan fingerprint density at radius 1 is 1.33 bits per heavy atom. The van der Waals surface area contributed by atoms with Gasteiger partial charge in [-0.05, 0) is 31.0 Å². The van der Waals surface area contributed by atoms with Crippen LogP contribution in [0.2, 0.25) is 0 Å². The summed E-state index contributed by atoms with van der Waals surface area (Å²) in [5, 5.41) is 6.20. The Bertz CT molecular complexity index is 387. The molecule has 2 rings (SSSR count). The quantitative estimate of drug-likeness (QED) is 0.777. The van der Waals surface area contributed by atoms with E-state index in [2.05, 4.69) is 17.6 Å². The molecule has 0 radical (unpaired) electrons. The van der Waals surface area contributed by atoms with Crippen LogP contribution in [-0.4, -0.2) is 11.9 Å². The number of benzene rings is 1. The minimum atomic E-state index is -0.0785. The lowest BCUT2D eigenvalue weighted by Gasteiger charge is -2.26. The highest BCUT2D eigenvalue weighted by Crippen LogP contribution is 2.28. The number of carbonyl (C=O) groups excluding carboxylic acids is 1. The zero-order chi connectivity index (χ0) is 10.8. The van der Waals surface area contributed by atoms with Crippen LogP contribution in [0.4, 0.5) is 11.4 Å². The molecule has 0 fully saturated rings. The number of carbonyl (C=O) groups is 1. The second-order valence-corrected chi connectivity index (χ2v) is 4.02. The molecule has 2 N–H and O–H groups in total. The minimum absolute atomic E-state index is 0.0785. The lowest BCUT2D eigenvalue weighted by atomic mass is 10.1. The van der Waals surface area contributed by atoms with E-state index >= 15 is 0 Å². The highest BCUT2D eigenvalue weighted by atomic mass is 16.2. The van der Waals surface area contributed by atoms with Crippen molar-refractivity contribution >= 4 is 17.3 Å². The van der Waals surface area contributed by atoms with Gasteiger partial charge in [0, 0.05) is 0 Å². The van der Waals surface area contributed by atoms with Gasteiger partial charge in [-0.25, -0.2) is 0 Å². The van der Waals surface area contributed by atoms with Crippen LogP contribution < -0.4 is 10.6 Å². The molecule has 1 heterocycles. The smallest absolute Gasteiger partial charge is 0.246 e. The van der Waals surface area contributed by atoms with E-state index in [0.29, 0.717) is 0 Å². The van der Waals surface area contributed by atoms with E-state index in [1.165, 1.54) is 0 Å². The molecule has 15 heavy (non-hydrogen) atoms. The molecule has 3 nitrogen and oxygen atoms in total. The molecule has 0 spiro atoms. The van der Waals surface area contributed by atoms with Crippen LogP contribution in [0.25, 0.3) is 0 Å². The second-order valence-electron chi connectivity index (χ2n) is 4.02. The van der Waals surface area contributed by atoms with Crippen LogP contribution in [0.15, 0.2) is 18.2 Å². The van der Waals surface area contributed by atoms with Crippen molar-refractivity contribution in [1.29, 1.82) is 0 Å². The predicted molar refractivity (Wildman–Crippen MR) is 62.1 cm³/mol. The normalized spacial score (nSPS) is 19.1. The number of hydrogen-bond donors (Lipinski definition) is 2. The monoisotopic (exact) mass is 204 g/mol. The fourth-order valence-electron chi connectivity index (χ4n) is 1.85. The van der Waals surface area contributed by atoms with Gasteiger partial charge in [0.1, 0.15) is 6.04 Å². The molecule has 0 aromatic heterocycles. The molecular formula is C12H16N2O. The number of rotatable bonds is 2. The zero-order valence-electron chi connectivity index (χ0n) is 9.13. The lowest BCUT2D eigenvalue weighted by molar-refractivity contribution is -0.117. The first-order chi connectivity index (χ1) is 7.20. The van der Waals surface area contributed by atoms with E-state index in [1.807, 2.05) is 25.1 Å². The van der Waals surface area contributed by atoms with E-state index in [0.717, 1.165) is 29.8 Å². The van der Waals surface area contributed by atoms with Gasteiger partial charge in [-0.1, -0.05) is 19.4 Å². The topological polar surface area (TPSA) is 41.1 Å². The van der Waals surface area contributed by atoms with Gasteiger partial charge in [0.25, 0.3) is 0 Å². The average molecular weight is 204 g/mol. The highest BCUT2D eigenvalue weighted by Gasteiger charge is 2.23. The second kappa shape index (κ2) is 3.93. The minimum Gasteiger partial charge on any atom is -0.372 e. The standard InChI is InChI=1S/C12H16N2O/c1-3-4-10-12(15)14-11-7-8(2)5-6-9(11)13-10/h5-7,10,13H,3-4H2,1-2H3,(H,14,15). The van der Waals surface area contributed by atoms with Gasteiger partial charge in [0.15, 0.2) is 0 Å². The fraction of sp³-hybridized carbons (Fsp3) is 0.417. The summed E-state index contributed by atoms with van der Waals surface area (Å²) in [6.07, 6.45) is 1.88. The van der Waals surface area contributed by atoms with Crippen LogP contribution in [0, 0.1) is 6.92 Å². The maximum atomic E-state index is 11.7. The third-order valence-electron chi connectivity index (χ3n) is 2.66. The molecule has 0 aliphatic carbocycles. The number of anilines is 2. The summed E-state index contributed by atoms with van der Waals surface area (Å²) < 4.78 is 0. The van der Waals surface area contributed by atoms with E-state index in [4.69, 9.17) is 0 Å². The molecule has 1 atom stereocenters. The maximum absolute atomic E-state index is 11.7. The molecular weight excluding hydrogens is 188 g/mol. The van der Waals surface area contributed by atoms with Crippen molar-refractivity contribution in [3.8, 4) is 0 Å². The maximum Gasteiger partial charge on any atom is 0.246 e.